The Morgan fingerprint density at radius 2 is 1.50 bits per heavy atom. The zero-order chi connectivity index (χ0) is 17.4. The second-order valence-electron chi connectivity index (χ2n) is 7.41. The van der Waals surface area contributed by atoms with Crippen molar-refractivity contribution >= 4 is 17.9 Å². The van der Waals surface area contributed by atoms with E-state index in [2.05, 4.69) is 33.7 Å². The van der Waals surface area contributed by atoms with Crippen LogP contribution in [0.4, 0.5) is 13.2 Å². The summed E-state index contributed by atoms with van der Waals surface area (Å²) >= 11 is 0. The summed E-state index contributed by atoms with van der Waals surface area (Å²) in [5.74, 6) is 0. The summed E-state index contributed by atoms with van der Waals surface area (Å²) in [7, 11) is -2.41. The highest BCUT2D eigenvalue weighted by Crippen LogP contribution is 2.30. The van der Waals surface area contributed by atoms with E-state index in [-0.39, 0.29) is 0 Å². The van der Waals surface area contributed by atoms with Crippen LogP contribution in [0.15, 0.2) is 29.2 Å². The summed E-state index contributed by atoms with van der Waals surface area (Å²) < 4.78 is 60.8. The fourth-order valence-corrected chi connectivity index (χ4v) is 6.18. The van der Waals surface area contributed by atoms with Crippen LogP contribution in [-0.2, 0) is 16.4 Å². The van der Waals surface area contributed by atoms with Crippen molar-refractivity contribution in [2.75, 3.05) is 20.3 Å². The van der Waals surface area contributed by atoms with Crippen molar-refractivity contribution in [3.8, 4) is 0 Å². The SMILES string of the molecule is C[N+](C)(Cc1ccc(S(=O)(=O)C(F)(F)F)cc1)C[Si](C)(C)C. The molecule has 0 saturated heterocycles. The van der Waals surface area contributed by atoms with Crippen LogP contribution in [-0.4, -0.2) is 46.7 Å². The Kier molecular flexibility index (Phi) is 5.21. The third kappa shape index (κ3) is 5.10. The number of nitrogens with zero attached hydrogens (tertiary/aromatic N) is 1. The molecule has 0 bridgehead atoms. The second kappa shape index (κ2) is 5.97. The van der Waals surface area contributed by atoms with Gasteiger partial charge in [0.15, 0.2) is 0 Å². The number of alkyl halides is 3. The fourth-order valence-electron chi connectivity index (χ4n) is 2.74. The number of rotatable bonds is 5. The van der Waals surface area contributed by atoms with E-state index in [4.69, 9.17) is 0 Å². The predicted octanol–water partition coefficient (Wildman–Crippen LogP) is 3.43. The first-order valence-corrected chi connectivity index (χ1v) is 12.1. The van der Waals surface area contributed by atoms with E-state index in [0.29, 0.717) is 6.54 Å². The molecule has 0 amide bonds. The third-order valence-electron chi connectivity index (χ3n) is 3.05. The Labute approximate surface area is 131 Å². The van der Waals surface area contributed by atoms with Crippen molar-refractivity contribution in [2.24, 2.45) is 0 Å². The second-order valence-corrected chi connectivity index (χ2v) is 14.8. The van der Waals surface area contributed by atoms with Gasteiger partial charge >= 0.3 is 5.51 Å². The van der Waals surface area contributed by atoms with Gasteiger partial charge in [-0.2, -0.15) is 13.2 Å². The molecule has 0 saturated carbocycles. The first-order chi connectivity index (χ1) is 9.64. The van der Waals surface area contributed by atoms with E-state index in [1.54, 1.807) is 0 Å². The minimum Gasteiger partial charge on any atom is -0.328 e. The number of benzene rings is 1. The van der Waals surface area contributed by atoms with Crippen molar-refractivity contribution < 1.29 is 26.1 Å². The molecular weight excluding hydrogens is 331 g/mol. The maximum absolute atomic E-state index is 12.5. The lowest BCUT2D eigenvalue weighted by molar-refractivity contribution is -0.894. The maximum Gasteiger partial charge on any atom is 0.501 e. The van der Waals surface area contributed by atoms with Gasteiger partial charge in [-0.1, -0.05) is 31.8 Å². The molecule has 0 N–H and O–H groups in total. The van der Waals surface area contributed by atoms with E-state index < -0.39 is 28.3 Å². The molecule has 22 heavy (non-hydrogen) atoms. The van der Waals surface area contributed by atoms with Crippen LogP contribution in [0.1, 0.15) is 5.56 Å². The Morgan fingerprint density at radius 3 is 1.86 bits per heavy atom. The van der Waals surface area contributed by atoms with Crippen LogP contribution in [0.5, 0.6) is 0 Å². The summed E-state index contributed by atoms with van der Waals surface area (Å²) in [6.45, 7) is 7.42. The molecule has 8 heteroatoms. The Balaban J connectivity index is 2.96. The van der Waals surface area contributed by atoms with Gasteiger partial charge in [-0.15, -0.1) is 0 Å². The standard InChI is InChI=1S/C14H23F3NO2SSi/c1-18(2,11-22(3,4)5)10-12-6-8-13(9-7-12)21(19,20)14(15,16)17/h6-9H,10-11H2,1-5H3/q+1. The van der Waals surface area contributed by atoms with E-state index in [1.165, 1.54) is 12.1 Å². The van der Waals surface area contributed by atoms with Crippen LogP contribution in [0.25, 0.3) is 0 Å². The summed E-state index contributed by atoms with van der Waals surface area (Å²) in [5.41, 5.74) is -4.44. The summed E-state index contributed by atoms with van der Waals surface area (Å²) in [6.07, 6.45) is 1.02. The van der Waals surface area contributed by atoms with Crippen molar-refractivity contribution in [1.82, 2.24) is 0 Å². The van der Waals surface area contributed by atoms with Gasteiger partial charge < -0.3 is 4.48 Å². The average Bonchev–Trinajstić information content (AvgIpc) is 2.23. The zero-order valence-electron chi connectivity index (χ0n) is 13.5. The molecule has 0 unspecified atom stereocenters. The minimum atomic E-state index is -5.26. The van der Waals surface area contributed by atoms with Gasteiger partial charge in [0, 0.05) is 5.56 Å². The molecule has 0 fully saturated rings. The molecule has 1 rings (SSSR count). The van der Waals surface area contributed by atoms with Crippen molar-refractivity contribution in [2.45, 2.75) is 36.6 Å². The Hall–Kier alpha value is -0.863. The van der Waals surface area contributed by atoms with E-state index in [1.807, 2.05) is 0 Å². The molecule has 0 spiro atoms. The average molecular weight is 354 g/mol. The lowest BCUT2D eigenvalue weighted by Gasteiger charge is -2.35. The molecule has 0 aliphatic carbocycles. The molecular formula is C14H23F3NO2SSi+. The van der Waals surface area contributed by atoms with Gasteiger partial charge in [-0.25, -0.2) is 8.42 Å². The number of halogens is 3. The fraction of sp³-hybridized carbons (Fsp3) is 0.571. The van der Waals surface area contributed by atoms with E-state index >= 15 is 0 Å². The molecule has 0 aromatic heterocycles. The van der Waals surface area contributed by atoms with Gasteiger partial charge in [-0.3, -0.25) is 0 Å². The molecule has 0 aliphatic rings. The number of hydrogen-bond donors (Lipinski definition) is 0. The Bertz CT molecular complexity index is 617. The zero-order valence-corrected chi connectivity index (χ0v) is 15.3. The summed E-state index contributed by atoms with van der Waals surface area (Å²) in [4.78, 5) is -0.709. The number of hydrogen-bond acceptors (Lipinski definition) is 2. The first kappa shape index (κ1) is 19.2. The molecule has 3 nitrogen and oxygen atoms in total. The lowest BCUT2D eigenvalue weighted by Crippen LogP contribution is -2.49. The highest BCUT2D eigenvalue weighted by molar-refractivity contribution is 7.92. The van der Waals surface area contributed by atoms with Crippen LogP contribution < -0.4 is 0 Å². The van der Waals surface area contributed by atoms with E-state index in [9.17, 15) is 21.6 Å². The van der Waals surface area contributed by atoms with Crippen LogP contribution in [0.3, 0.4) is 0 Å². The smallest absolute Gasteiger partial charge is 0.328 e. The molecule has 0 aliphatic heterocycles. The predicted molar refractivity (Wildman–Crippen MR) is 83.7 cm³/mol. The molecule has 1 aromatic rings. The topological polar surface area (TPSA) is 34.1 Å². The number of sulfone groups is 1. The summed E-state index contributed by atoms with van der Waals surface area (Å²) in [5, 5.41) is 0. The van der Waals surface area contributed by atoms with E-state index in [0.717, 1.165) is 28.3 Å². The largest absolute Gasteiger partial charge is 0.501 e. The number of quaternary nitrogens is 1. The molecule has 1 aromatic carbocycles. The van der Waals surface area contributed by atoms with Crippen molar-refractivity contribution in [3.05, 3.63) is 29.8 Å². The van der Waals surface area contributed by atoms with Gasteiger partial charge in [0.05, 0.1) is 25.2 Å². The van der Waals surface area contributed by atoms with Crippen molar-refractivity contribution in [3.63, 3.8) is 0 Å². The monoisotopic (exact) mass is 354 g/mol. The highest BCUT2D eigenvalue weighted by atomic mass is 32.2. The van der Waals surface area contributed by atoms with Gasteiger partial charge in [0.1, 0.15) is 14.6 Å². The normalized spacial score (nSPS) is 14.2. The van der Waals surface area contributed by atoms with Gasteiger partial charge in [0.2, 0.25) is 0 Å². The van der Waals surface area contributed by atoms with Gasteiger partial charge in [0.25, 0.3) is 9.84 Å². The lowest BCUT2D eigenvalue weighted by atomic mass is 10.2. The van der Waals surface area contributed by atoms with Crippen LogP contribution in [0, 0.1) is 0 Å². The van der Waals surface area contributed by atoms with Crippen LogP contribution in [0.2, 0.25) is 19.6 Å². The third-order valence-corrected chi connectivity index (χ3v) is 6.36. The van der Waals surface area contributed by atoms with Gasteiger partial charge in [-0.05, 0) is 12.1 Å². The van der Waals surface area contributed by atoms with Crippen molar-refractivity contribution in [1.29, 1.82) is 0 Å². The summed E-state index contributed by atoms with van der Waals surface area (Å²) in [6, 6.07) is 4.99. The minimum absolute atomic E-state index is 0.649. The molecule has 0 radical (unpaired) electrons. The Morgan fingerprint density at radius 1 is 1.05 bits per heavy atom. The van der Waals surface area contributed by atoms with Crippen LogP contribution >= 0.6 is 0 Å². The maximum atomic E-state index is 12.5. The molecule has 126 valence electrons. The highest BCUT2D eigenvalue weighted by Gasteiger charge is 2.46. The quantitative estimate of drug-likeness (QED) is 0.600. The molecule has 0 atom stereocenters. The first-order valence-electron chi connectivity index (χ1n) is 6.86. The molecule has 0 heterocycles.